The van der Waals surface area contributed by atoms with Crippen molar-refractivity contribution in [2.75, 3.05) is 0 Å². The van der Waals surface area contributed by atoms with Crippen molar-refractivity contribution in [1.82, 2.24) is 0 Å². The SMILES string of the molecule is C#N.C#N.C#N.C#N.[Mo]. The van der Waals surface area contributed by atoms with Crippen LogP contribution in [0.1, 0.15) is 0 Å². The van der Waals surface area contributed by atoms with E-state index in [1.165, 1.54) is 0 Å². The molecule has 0 aliphatic heterocycles. The molecular weight excluding hydrogens is 200 g/mol. The Balaban J connectivity index is -0.00000000762. The van der Waals surface area contributed by atoms with Crippen LogP contribution in [0.2, 0.25) is 0 Å². The van der Waals surface area contributed by atoms with Gasteiger partial charge in [0.25, 0.3) is 0 Å². The van der Waals surface area contributed by atoms with Gasteiger partial charge in [-0.3, -0.25) is 0 Å². The Morgan fingerprint density at radius 1 is 0.444 bits per heavy atom. The minimum absolute atomic E-state index is 0. The summed E-state index contributed by atoms with van der Waals surface area (Å²) in [6, 6.07) is 0. The Kier molecular flexibility index (Phi) is 622. The number of nitriles is 4. The molecule has 5 heteroatoms. The third-order valence-electron chi connectivity index (χ3n) is 0. The molecule has 0 atom stereocenters. The van der Waals surface area contributed by atoms with Gasteiger partial charge in [-0.2, -0.15) is 0 Å². The molecule has 0 saturated carbocycles. The van der Waals surface area contributed by atoms with Gasteiger partial charge < -0.3 is 0 Å². The van der Waals surface area contributed by atoms with Crippen molar-refractivity contribution in [2.24, 2.45) is 0 Å². The first-order valence-corrected chi connectivity index (χ1v) is 1.03. The molecule has 0 rings (SSSR count). The van der Waals surface area contributed by atoms with Crippen molar-refractivity contribution in [3.05, 3.63) is 0 Å². The molecule has 0 aliphatic rings. The number of rotatable bonds is 0. The van der Waals surface area contributed by atoms with Crippen molar-refractivity contribution < 1.29 is 21.1 Å². The van der Waals surface area contributed by atoms with E-state index >= 15 is 0 Å². The molecule has 0 fully saturated rings. The van der Waals surface area contributed by atoms with Gasteiger partial charge in [0.2, 0.25) is 0 Å². The van der Waals surface area contributed by atoms with Crippen LogP contribution in [0, 0.1) is 47.3 Å². The Bertz CT molecular complexity index is 55.5. The molecule has 0 saturated heterocycles. The summed E-state index contributed by atoms with van der Waals surface area (Å²) in [5, 5.41) is 26.0. The smallest absolute Gasteiger partial charge is 0.0462 e. The molecule has 0 unspecified atom stereocenters. The van der Waals surface area contributed by atoms with E-state index in [9.17, 15) is 0 Å². The molecule has 0 radical (unpaired) electrons. The van der Waals surface area contributed by atoms with Gasteiger partial charge in [0.1, 0.15) is 0 Å². The maximum Gasteiger partial charge on any atom is 0.0462 e. The number of nitrogens with zero attached hydrogens (tertiary/aromatic N) is 4. The Labute approximate surface area is 68.8 Å². The van der Waals surface area contributed by atoms with Crippen LogP contribution in [-0.4, -0.2) is 0 Å². The Hall–Kier alpha value is -1.35. The first-order valence-electron chi connectivity index (χ1n) is 1.03. The summed E-state index contributed by atoms with van der Waals surface area (Å²) in [6.07, 6.45) is 0. The minimum atomic E-state index is 0. The zero-order valence-corrected chi connectivity index (χ0v) is 6.51. The fourth-order valence-electron chi connectivity index (χ4n) is 0. The van der Waals surface area contributed by atoms with Crippen LogP contribution in [0.15, 0.2) is 0 Å². The molecule has 0 N–H and O–H groups in total. The van der Waals surface area contributed by atoms with Crippen LogP contribution in [0.3, 0.4) is 0 Å². The molecule has 0 bridgehead atoms. The van der Waals surface area contributed by atoms with Crippen molar-refractivity contribution in [3.63, 3.8) is 0 Å². The molecule has 46 valence electrons. The van der Waals surface area contributed by atoms with E-state index in [1.807, 2.05) is 0 Å². The Morgan fingerprint density at radius 3 is 0.444 bits per heavy atom. The molecule has 9 heavy (non-hydrogen) atoms. The standard InChI is InChI=1S/4CHN.Mo/c4*1-2;/h4*1H;. The van der Waals surface area contributed by atoms with Crippen molar-refractivity contribution in [3.8, 4) is 26.3 Å². The first-order chi connectivity index (χ1) is 4.00. The van der Waals surface area contributed by atoms with E-state index in [-0.39, 0.29) is 21.1 Å². The average Bonchev–Trinajstić information content (AvgIpc) is 2.03. The molecule has 0 aromatic rings. The number of hydrogen-bond donors (Lipinski definition) is 0. The van der Waals surface area contributed by atoms with Gasteiger partial charge in [-0.05, 0) is 0 Å². The summed E-state index contributed by atoms with van der Waals surface area (Å²) in [4.78, 5) is 0. The van der Waals surface area contributed by atoms with Gasteiger partial charge in [0.15, 0.2) is 0 Å². The summed E-state index contributed by atoms with van der Waals surface area (Å²) in [5.74, 6) is 0. The zero-order chi connectivity index (χ0) is 8.00. The summed E-state index contributed by atoms with van der Waals surface area (Å²) in [7, 11) is 0. The third-order valence-corrected chi connectivity index (χ3v) is 0. The second kappa shape index (κ2) is 116. The van der Waals surface area contributed by atoms with Gasteiger partial charge in [-0.1, -0.05) is 0 Å². The van der Waals surface area contributed by atoms with Crippen molar-refractivity contribution in [1.29, 1.82) is 21.0 Å². The van der Waals surface area contributed by atoms with Crippen LogP contribution in [0.4, 0.5) is 0 Å². The maximum atomic E-state index is 6.50. The predicted octanol–water partition coefficient (Wildman–Crippen LogP) is 0.557. The second-order valence-corrected chi connectivity index (χ2v) is 0. The monoisotopic (exact) mass is 206 g/mol. The third kappa shape index (κ3) is 78.6. The van der Waals surface area contributed by atoms with E-state index in [0.717, 1.165) is 0 Å². The molecular formula is C4H4MoN4. The van der Waals surface area contributed by atoms with Gasteiger partial charge in [0, 0.05) is 47.4 Å². The second-order valence-electron chi connectivity index (χ2n) is 0. The van der Waals surface area contributed by atoms with E-state index in [4.69, 9.17) is 21.0 Å². The van der Waals surface area contributed by atoms with E-state index < -0.39 is 0 Å². The number of hydrogen-bond acceptors (Lipinski definition) is 4. The summed E-state index contributed by atoms with van der Waals surface area (Å²) in [5.41, 5.74) is 0. The average molecular weight is 204 g/mol. The molecule has 0 spiro atoms. The van der Waals surface area contributed by atoms with E-state index in [1.54, 1.807) is 0 Å². The molecule has 0 aromatic heterocycles. The van der Waals surface area contributed by atoms with E-state index in [2.05, 4.69) is 26.3 Å². The van der Waals surface area contributed by atoms with Crippen molar-refractivity contribution >= 4 is 0 Å². The van der Waals surface area contributed by atoms with Crippen LogP contribution in [-0.2, 0) is 21.1 Å². The predicted molar refractivity (Wildman–Crippen MR) is 26.7 cm³/mol. The first kappa shape index (κ1) is 48.2. The van der Waals surface area contributed by atoms with Gasteiger partial charge in [-0.15, -0.1) is 0 Å². The van der Waals surface area contributed by atoms with Crippen LogP contribution >= 0.6 is 0 Å². The van der Waals surface area contributed by atoms with Crippen molar-refractivity contribution in [2.45, 2.75) is 0 Å². The fourth-order valence-corrected chi connectivity index (χ4v) is 0. The largest absolute Gasteiger partial charge is 0.202 e. The molecule has 4 nitrogen and oxygen atoms in total. The summed E-state index contributed by atoms with van der Waals surface area (Å²) < 4.78 is 0. The van der Waals surface area contributed by atoms with Crippen LogP contribution in [0.5, 0.6) is 0 Å². The molecule has 0 amide bonds. The van der Waals surface area contributed by atoms with Crippen LogP contribution in [0.25, 0.3) is 0 Å². The van der Waals surface area contributed by atoms with Gasteiger partial charge >= 0.3 is 0 Å². The summed E-state index contributed by atoms with van der Waals surface area (Å²) >= 11 is 0. The molecule has 0 heterocycles. The summed E-state index contributed by atoms with van der Waals surface area (Å²) in [6.45, 7) is 14.0. The fraction of sp³-hybridized carbons (Fsp3) is 0. The van der Waals surface area contributed by atoms with Crippen LogP contribution < -0.4 is 0 Å². The minimum Gasteiger partial charge on any atom is -0.202 e. The maximum absolute atomic E-state index is 6.50. The molecule has 0 aliphatic carbocycles. The van der Waals surface area contributed by atoms with E-state index in [0.29, 0.717) is 0 Å². The van der Waals surface area contributed by atoms with Gasteiger partial charge in [-0.25, -0.2) is 21.0 Å². The topological polar surface area (TPSA) is 95.2 Å². The Morgan fingerprint density at radius 2 is 0.444 bits per heavy atom. The quantitative estimate of drug-likeness (QED) is 0.538. The molecule has 0 aromatic carbocycles. The van der Waals surface area contributed by atoms with Gasteiger partial charge in [0.05, 0.1) is 0 Å². The zero-order valence-electron chi connectivity index (χ0n) is 4.51. The normalized spacial score (nSPS) is 0.889.